The topological polar surface area (TPSA) is 89.1 Å². The minimum Gasteiger partial charge on any atom is -0.356 e. The molecular formula is C19H34N6O2. The van der Waals surface area contributed by atoms with Gasteiger partial charge in [0.2, 0.25) is 0 Å². The highest BCUT2D eigenvalue weighted by Gasteiger charge is 2.45. The number of piperidine rings is 1. The van der Waals surface area contributed by atoms with Gasteiger partial charge in [-0.3, -0.25) is 19.6 Å². The molecule has 3 amide bonds. The number of imide groups is 1. The third-order valence-electron chi connectivity index (χ3n) is 5.44. The summed E-state index contributed by atoms with van der Waals surface area (Å²) < 4.78 is 0. The highest BCUT2D eigenvalue weighted by Crippen LogP contribution is 2.20. The molecule has 0 radical (unpaired) electrons. The van der Waals surface area contributed by atoms with Gasteiger partial charge in [0.05, 0.1) is 0 Å². The van der Waals surface area contributed by atoms with Crippen LogP contribution in [0.15, 0.2) is 17.6 Å². The van der Waals surface area contributed by atoms with Crippen molar-refractivity contribution in [3.8, 4) is 0 Å². The van der Waals surface area contributed by atoms with Crippen LogP contribution in [0.5, 0.6) is 0 Å². The highest BCUT2D eigenvalue weighted by atomic mass is 16.2. The van der Waals surface area contributed by atoms with E-state index in [1.807, 2.05) is 13.0 Å². The number of hydrogen-bond acceptors (Lipinski definition) is 4. The van der Waals surface area contributed by atoms with Crippen molar-refractivity contribution in [2.45, 2.75) is 51.1 Å². The lowest BCUT2D eigenvalue weighted by Gasteiger charge is -2.32. The van der Waals surface area contributed by atoms with Gasteiger partial charge in [0, 0.05) is 45.8 Å². The molecule has 2 fully saturated rings. The summed E-state index contributed by atoms with van der Waals surface area (Å²) in [5, 5.41) is 9.52. The Morgan fingerprint density at radius 2 is 2.11 bits per heavy atom. The summed E-state index contributed by atoms with van der Waals surface area (Å²) in [7, 11) is 1.76. The largest absolute Gasteiger partial charge is 0.356 e. The van der Waals surface area contributed by atoms with Crippen molar-refractivity contribution in [1.82, 2.24) is 25.8 Å². The fourth-order valence-corrected chi connectivity index (χ4v) is 3.46. The van der Waals surface area contributed by atoms with E-state index in [0.717, 1.165) is 38.4 Å². The van der Waals surface area contributed by atoms with E-state index in [2.05, 4.69) is 32.4 Å². The molecule has 3 N–H and O–H groups in total. The molecule has 2 rings (SSSR count). The Morgan fingerprint density at radius 1 is 1.41 bits per heavy atom. The minimum absolute atomic E-state index is 0.135. The van der Waals surface area contributed by atoms with Crippen molar-refractivity contribution in [2.24, 2.45) is 4.99 Å². The average molecular weight is 379 g/mol. The summed E-state index contributed by atoms with van der Waals surface area (Å²) in [6.07, 6.45) is 5.37. The van der Waals surface area contributed by atoms with E-state index in [9.17, 15) is 9.59 Å². The van der Waals surface area contributed by atoms with Crippen molar-refractivity contribution >= 4 is 17.9 Å². The SMILES string of the molecule is C=CCN1CCC(NC(=NC)NCCCN2C(=O)NC(C)(CC)C2=O)CC1. The number of rotatable bonds is 8. The number of guanidine groups is 1. The summed E-state index contributed by atoms with van der Waals surface area (Å²) >= 11 is 0. The number of carbonyl (C=O) groups is 2. The normalized spacial score (nSPS) is 24.9. The van der Waals surface area contributed by atoms with Gasteiger partial charge in [-0.1, -0.05) is 13.0 Å². The molecule has 2 saturated heterocycles. The van der Waals surface area contributed by atoms with Crippen LogP contribution in [0.2, 0.25) is 0 Å². The molecule has 0 saturated carbocycles. The van der Waals surface area contributed by atoms with E-state index >= 15 is 0 Å². The first-order valence-corrected chi connectivity index (χ1v) is 9.88. The summed E-state index contributed by atoms with van der Waals surface area (Å²) in [5.74, 6) is 0.636. The lowest BCUT2D eigenvalue weighted by atomic mass is 9.99. The van der Waals surface area contributed by atoms with E-state index < -0.39 is 5.54 Å². The van der Waals surface area contributed by atoms with Crippen molar-refractivity contribution in [3.63, 3.8) is 0 Å². The zero-order valence-electron chi connectivity index (χ0n) is 16.9. The van der Waals surface area contributed by atoms with Crippen LogP contribution in [0, 0.1) is 0 Å². The number of urea groups is 1. The molecule has 2 heterocycles. The highest BCUT2D eigenvalue weighted by molar-refractivity contribution is 6.06. The first kappa shape index (κ1) is 21.2. The van der Waals surface area contributed by atoms with Crippen molar-refractivity contribution in [1.29, 1.82) is 0 Å². The predicted molar refractivity (Wildman–Crippen MR) is 108 cm³/mol. The fourth-order valence-electron chi connectivity index (χ4n) is 3.46. The Kier molecular flexibility index (Phi) is 7.65. The first-order chi connectivity index (χ1) is 12.9. The first-order valence-electron chi connectivity index (χ1n) is 9.88. The minimum atomic E-state index is -0.761. The van der Waals surface area contributed by atoms with Crippen molar-refractivity contribution in [2.75, 3.05) is 39.8 Å². The van der Waals surface area contributed by atoms with Crippen LogP contribution in [0.1, 0.15) is 39.5 Å². The molecule has 8 heteroatoms. The molecule has 1 unspecified atom stereocenters. The van der Waals surface area contributed by atoms with Gasteiger partial charge in [-0.25, -0.2) is 4.79 Å². The maximum atomic E-state index is 12.4. The number of nitrogens with one attached hydrogen (secondary N) is 3. The molecule has 0 aliphatic carbocycles. The van der Waals surface area contributed by atoms with Crippen LogP contribution in [0.4, 0.5) is 4.79 Å². The smallest absolute Gasteiger partial charge is 0.325 e. The molecule has 1 atom stereocenters. The number of carbonyl (C=O) groups excluding carboxylic acids is 2. The Hall–Kier alpha value is -2.09. The van der Waals surface area contributed by atoms with Crippen LogP contribution in [0.25, 0.3) is 0 Å². The van der Waals surface area contributed by atoms with Crippen LogP contribution in [-0.4, -0.2) is 79.0 Å². The predicted octanol–water partition coefficient (Wildman–Crippen LogP) is 0.912. The fraction of sp³-hybridized carbons (Fsp3) is 0.737. The van der Waals surface area contributed by atoms with E-state index in [1.165, 1.54) is 4.90 Å². The molecular weight excluding hydrogens is 344 g/mol. The van der Waals surface area contributed by atoms with Gasteiger partial charge in [0.15, 0.2) is 5.96 Å². The number of nitrogens with zero attached hydrogens (tertiary/aromatic N) is 3. The zero-order chi connectivity index (χ0) is 19.9. The summed E-state index contributed by atoms with van der Waals surface area (Å²) in [6, 6.07) is 0.117. The summed E-state index contributed by atoms with van der Waals surface area (Å²) in [5.41, 5.74) is -0.761. The standard InChI is InChI=1S/C19H34N6O2/c1-5-11-24-13-8-15(9-14-24)22-17(20-4)21-10-7-12-25-16(26)19(3,6-2)23-18(25)27/h5,15H,1,6-14H2,2-4H3,(H,23,27)(H2,20,21,22). The van der Waals surface area contributed by atoms with E-state index in [1.54, 1.807) is 14.0 Å². The Labute approximate surface area is 162 Å². The van der Waals surface area contributed by atoms with Gasteiger partial charge < -0.3 is 16.0 Å². The summed E-state index contributed by atoms with van der Waals surface area (Å²) in [4.78, 5) is 32.4. The lowest BCUT2D eigenvalue weighted by molar-refractivity contribution is -0.130. The summed E-state index contributed by atoms with van der Waals surface area (Å²) in [6.45, 7) is 11.6. The van der Waals surface area contributed by atoms with E-state index in [-0.39, 0.29) is 11.9 Å². The van der Waals surface area contributed by atoms with Gasteiger partial charge in [0.25, 0.3) is 5.91 Å². The van der Waals surface area contributed by atoms with Crippen LogP contribution in [0.3, 0.4) is 0 Å². The maximum Gasteiger partial charge on any atom is 0.325 e. The molecule has 8 nitrogen and oxygen atoms in total. The van der Waals surface area contributed by atoms with Gasteiger partial charge >= 0.3 is 6.03 Å². The Morgan fingerprint density at radius 3 is 2.67 bits per heavy atom. The average Bonchev–Trinajstić information content (AvgIpc) is 2.89. The molecule has 2 aliphatic heterocycles. The second kappa shape index (κ2) is 9.73. The van der Waals surface area contributed by atoms with Gasteiger partial charge in [0.1, 0.15) is 5.54 Å². The van der Waals surface area contributed by atoms with E-state index in [0.29, 0.717) is 32.0 Å². The molecule has 152 valence electrons. The third-order valence-corrected chi connectivity index (χ3v) is 5.44. The molecule has 27 heavy (non-hydrogen) atoms. The Balaban J connectivity index is 1.69. The van der Waals surface area contributed by atoms with Crippen molar-refractivity contribution in [3.05, 3.63) is 12.7 Å². The molecule has 0 aromatic heterocycles. The van der Waals surface area contributed by atoms with Gasteiger partial charge in [-0.2, -0.15) is 0 Å². The molecule has 0 aromatic carbocycles. The van der Waals surface area contributed by atoms with Crippen LogP contribution in [-0.2, 0) is 4.79 Å². The second-order valence-corrected chi connectivity index (χ2v) is 7.43. The lowest BCUT2D eigenvalue weighted by Crippen LogP contribution is -2.49. The maximum absolute atomic E-state index is 12.4. The molecule has 0 spiro atoms. The molecule has 0 bridgehead atoms. The quantitative estimate of drug-likeness (QED) is 0.192. The van der Waals surface area contributed by atoms with Gasteiger partial charge in [-0.05, 0) is 32.6 Å². The number of amides is 3. The number of aliphatic imine (C=N–C) groups is 1. The van der Waals surface area contributed by atoms with E-state index in [4.69, 9.17) is 0 Å². The zero-order valence-corrected chi connectivity index (χ0v) is 16.9. The Bertz CT molecular complexity index is 571. The number of hydrogen-bond donors (Lipinski definition) is 3. The van der Waals surface area contributed by atoms with Crippen molar-refractivity contribution < 1.29 is 9.59 Å². The van der Waals surface area contributed by atoms with Crippen LogP contribution < -0.4 is 16.0 Å². The van der Waals surface area contributed by atoms with Crippen LogP contribution >= 0.6 is 0 Å². The monoisotopic (exact) mass is 378 g/mol. The number of likely N-dealkylation sites (tertiary alicyclic amines) is 1. The molecule has 2 aliphatic rings. The van der Waals surface area contributed by atoms with Gasteiger partial charge in [-0.15, -0.1) is 6.58 Å². The third kappa shape index (κ3) is 5.45. The molecule has 0 aromatic rings. The second-order valence-electron chi connectivity index (χ2n) is 7.43.